The van der Waals surface area contributed by atoms with Crippen LogP contribution in [0.2, 0.25) is 0 Å². The highest BCUT2D eigenvalue weighted by Gasteiger charge is 2.17. The first kappa shape index (κ1) is 18.9. The SMILES string of the molecule is O=C(NCC#CCN1CCCCC1)c1ccccc1C(=O)c1ccccc1. The van der Waals surface area contributed by atoms with Crippen LogP contribution >= 0.6 is 0 Å². The molecule has 0 radical (unpaired) electrons. The first-order valence-electron chi connectivity index (χ1n) is 9.41. The molecule has 1 amide bonds. The molecule has 0 saturated carbocycles. The van der Waals surface area contributed by atoms with E-state index in [0.717, 1.165) is 19.6 Å². The van der Waals surface area contributed by atoms with Gasteiger partial charge in [0.2, 0.25) is 0 Å². The maximum atomic E-state index is 12.7. The lowest BCUT2D eigenvalue weighted by Crippen LogP contribution is -2.30. The van der Waals surface area contributed by atoms with Gasteiger partial charge in [0.15, 0.2) is 5.78 Å². The first-order valence-corrected chi connectivity index (χ1v) is 9.41. The van der Waals surface area contributed by atoms with E-state index in [-0.39, 0.29) is 18.2 Å². The highest BCUT2D eigenvalue weighted by molar-refractivity contribution is 6.15. The van der Waals surface area contributed by atoms with Crippen molar-refractivity contribution in [3.05, 3.63) is 71.3 Å². The quantitative estimate of drug-likeness (QED) is 0.658. The standard InChI is InChI=1S/C23H24N2O2/c26-22(19-11-3-1-4-12-19)20-13-5-6-14-21(20)23(27)24-15-7-10-18-25-16-8-2-9-17-25/h1,3-6,11-14H,2,8-9,15-18H2,(H,24,27). The molecule has 0 aromatic heterocycles. The van der Waals surface area contributed by atoms with E-state index in [1.54, 1.807) is 36.4 Å². The predicted molar refractivity (Wildman–Crippen MR) is 107 cm³/mol. The van der Waals surface area contributed by atoms with Gasteiger partial charge in [-0.2, -0.15) is 0 Å². The van der Waals surface area contributed by atoms with Gasteiger partial charge >= 0.3 is 0 Å². The monoisotopic (exact) mass is 360 g/mol. The zero-order valence-electron chi connectivity index (χ0n) is 15.4. The number of rotatable bonds is 5. The van der Waals surface area contributed by atoms with Gasteiger partial charge in [0.25, 0.3) is 5.91 Å². The van der Waals surface area contributed by atoms with E-state index in [1.165, 1.54) is 19.3 Å². The Kier molecular flexibility index (Phi) is 6.78. The summed E-state index contributed by atoms with van der Waals surface area (Å²) in [7, 11) is 0. The second-order valence-corrected chi connectivity index (χ2v) is 6.61. The molecule has 1 heterocycles. The molecule has 0 atom stereocenters. The molecule has 3 rings (SSSR count). The van der Waals surface area contributed by atoms with Gasteiger partial charge in [-0.05, 0) is 32.0 Å². The Hall–Kier alpha value is -2.90. The number of carbonyl (C=O) groups is 2. The van der Waals surface area contributed by atoms with Gasteiger partial charge in [0.05, 0.1) is 18.7 Å². The molecule has 0 aliphatic carbocycles. The van der Waals surface area contributed by atoms with E-state index >= 15 is 0 Å². The summed E-state index contributed by atoms with van der Waals surface area (Å²) >= 11 is 0. The maximum Gasteiger partial charge on any atom is 0.252 e. The lowest BCUT2D eigenvalue weighted by atomic mass is 9.98. The van der Waals surface area contributed by atoms with E-state index in [1.807, 2.05) is 18.2 Å². The Balaban J connectivity index is 1.60. The van der Waals surface area contributed by atoms with Crippen LogP contribution in [0.3, 0.4) is 0 Å². The Morgan fingerprint density at radius 2 is 1.52 bits per heavy atom. The topological polar surface area (TPSA) is 49.4 Å². The van der Waals surface area contributed by atoms with Gasteiger partial charge in [-0.25, -0.2) is 0 Å². The molecular formula is C23H24N2O2. The van der Waals surface area contributed by atoms with Crippen molar-refractivity contribution in [1.82, 2.24) is 10.2 Å². The molecule has 1 saturated heterocycles. The zero-order chi connectivity index (χ0) is 18.9. The summed E-state index contributed by atoms with van der Waals surface area (Å²) in [6.07, 6.45) is 3.79. The lowest BCUT2D eigenvalue weighted by molar-refractivity contribution is 0.0946. The van der Waals surface area contributed by atoms with Crippen molar-refractivity contribution in [2.75, 3.05) is 26.2 Å². The maximum absolute atomic E-state index is 12.7. The third-order valence-electron chi connectivity index (χ3n) is 4.67. The molecule has 1 fully saturated rings. The smallest absolute Gasteiger partial charge is 0.252 e. The molecule has 1 N–H and O–H groups in total. The highest BCUT2D eigenvalue weighted by Crippen LogP contribution is 2.14. The number of ketones is 1. The summed E-state index contributed by atoms with van der Waals surface area (Å²) in [4.78, 5) is 27.6. The van der Waals surface area contributed by atoms with Crippen molar-refractivity contribution in [3.8, 4) is 11.8 Å². The first-order chi connectivity index (χ1) is 13.3. The van der Waals surface area contributed by atoms with E-state index in [0.29, 0.717) is 16.7 Å². The van der Waals surface area contributed by atoms with Crippen LogP contribution in [-0.2, 0) is 0 Å². The summed E-state index contributed by atoms with van der Waals surface area (Å²) in [5.41, 5.74) is 1.35. The Morgan fingerprint density at radius 1 is 0.852 bits per heavy atom. The average Bonchev–Trinajstić information content (AvgIpc) is 2.74. The van der Waals surface area contributed by atoms with Crippen LogP contribution in [0, 0.1) is 11.8 Å². The summed E-state index contributed by atoms with van der Waals surface area (Å²) in [6, 6.07) is 15.9. The Bertz CT molecular complexity index is 843. The van der Waals surface area contributed by atoms with Gasteiger partial charge in [0.1, 0.15) is 0 Å². The number of likely N-dealkylation sites (tertiary alicyclic amines) is 1. The van der Waals surface area contributed by atoms with Crippen molar-refractivity contribution < 1.29 is 9.59 Å². The van der Waals surface area contributed by atoms with E-state index < -0.39 is 0 Å². The Morgan fingerprint density at radius 3 is 2.26 bits per heavy atom. The summed E-state index contributed by atoms with van der Waals surface area (Å²) in [6.45, 7) is 3.24. The molecule has 4 nitrogen and oxygen atoms in total. The number of nitrogens with zero attached hydrogens (tertiary/aromatic N) is 1. The van der Waals surface area contributed by atoms with E-state index in [4.69, 9.17) is 0 Å². The lowest BCUT2D eigenvalue weighted by Gasteiger charge is -2.23. The molecule has 27 heavy (non-hydrogen) atoms. The normalized spacial score (nSPS) is 14.1. The molecule has 0 spiro atoms. The molecule has 1 aliphatic heterocycles. The fourth-order valence-corrected chi connectivity index (χ4v) is 3.19. The van der Waals surface area contributed by atoms with Crippen LogP contribution < -0.4 is 5.32 Å². The second kappa shape index (κ2) is 9.70. The van der Waals surface area contributed by atoms with Crippen molar-refractivity contribution in [3.63, 3.8) is 0 Å². The Labute approximate surface area is 160 Å². The number of benzene rings is 2. The van der Waals surface area contributed by atoms with Gasteiger partial charge in [-0.1, -0.05) is 66.8 Å². The number of hydrogen-bond acceptors (Lipinski definition) is 3. The number of carbonyl (C=O) groups excluding carboxylic acids is 2. The minimum absolute atomic E-state index is 0.155. The van der Waals surface area contributed by atoms with Crippen LogP contribution in [-0.4, -0.2) is 42.8 Å². The number of nitrogens with one attached hydrogen (secondary N) is 1. The fourth-order valence-electron chi connectivity index (χ4n) is 3.19. The second-order valence-electron chi connectivity index (χ2n) is 6.61. The molecule has 2 aromatic carbocycles. The van der Waals surface area contributed by atoms with Crippen molar-refractivity contribution in [2.24, 2.45) is 0 Å². The van der Waals surface area contributed by atoms with E-state index in [2.05, 4.69) is 22.1 Å². The molecule has 0 unspecified atom stereocenters. The highest BCUT2D eigenvalue weighted by atomic mass is 16.2. The average molecular weight is 360 g/mol. The van der Waals surface area contributed by atoms with Gasteiger partial charge in [0, 0.05) is 11.1 Å². The zero-order valence-corrected chi connectivity index (χ0v) is 15.4. The molecule has 138 valence electrons. The molecular weight excluding hydrogens is 336 g/mol. The third-order valence-corrected chi connectivity index (χ3v) is 4.67. The van der Waals surface area contributed by atoms with Crippen LogP contribution in [0.1, 0.15) is 45.5 Å². The van der Waals surface area contributed by atoms with E-state index in [9.17, 15) is 9.59 Å². The molecule has 1 aliphatic rings. The minimum atomic E-state index is -0.276. The third kappa shape index (κ3) is 5.29. The molecule has 4 heteroatoms. The molecule has 2 aromatic rings. The summed E-state index contributed by atoms with van der Waals surface area (Å²) in [5, 5.41) is 2.80. The van der Waals surface area contributed by atoms with Crippen LogP contribution in [0.4, 0.5) is 0 Å². The van der Waals surface area contributed by atoms with Crippen molar-refractivity contribution in [1.29, 1.82) is 0 Å². The van der Waals surface area contributed by atoms with Crippen LogP contribution in [0.25, 0.3) is 0 Å². The summed E-state index contributed by atoms with van der Waals surface area (Å²) < 4.78 is 0. The predicted octanol–water partition coefficient (Wildman–Crippen LogP) is 3.14. The van der Waals surface area contributed by atoms with Gasteiger partial charge in [-0.15, -0.1) is 0 Å². The van der Waals surface area contributed by atoms with Crippen LogP contribution in [0.15, 0.2) is 54.6 Å². The largest absolute Gasteiger partial charge is 0.341 e. The van der Waals surface area contributed by atoms with Crippen molar-refractivity contribution in [2.45, 2.75) is 19.3 Å². The van der Waals surface area contributed by atoms with Crippen molar-refractivity contribution >= 4 is 11.7 Å². The van der Waals surface area contributed by atoms with Crippen LogP contribution in [0.5, 0.6) is 0 Å². The van der Waals surface area contributed by atoms with Gasteiger partial charge in [-0.3, -0.25) is 14.5 Å². The summed E-state index contributed by atoms with van der Waals surface area (Å²) in [5.74, 6) is 5.69. The number of hydrogen-bond donors (Lipinski definition) is 1. The fraction of sp³-hybridized carbons (Fsp3) is 0.304. The number of piperidine rings is 1. The minimum Gasteiger partial charge on any atom is -0.341 e. The molecule has 0 bridgehead atoms. The van der Waals surface area contributed by atoms with Gasteiger partial charge < -0.3 is 5.32 Å². The number of amides is 1.